The number of amides is 1. The van der Waals surface area contributed by atoms with E-state index in [1.54, 1.807) is 19.2 Å². The van der Waals surface area contributed by atoms with Crippen molar-refractivity contribution in [3.63, 3.8) is 0 Å². The van der Waals surface area contributed by atoms with Crippen molar-refractivity contribution in [3.8, 4) is 0 Å². The fraction of sp³-hybridized carbons (Fsp3) is 0.545. The number of ether oxygens (including phenoxy) is 1. The molecule has 0 bridgehead atoms. The first-order valence-corrected chi connectivity index (χ1v) is 5.56. The lowest BCUT2D eigenvalue weighted by atomic mass is 10.2. The lowest BCUT2D eigenvalue weighted by Gasteiger charge is -2.16. The van der Waals surface area contributed by atoms with Crippen LogP contribution in [0.3, 0.4) is 0 Å². The Labute approximate surface area is 101 Å². The van der Waals surface area contributed by atoms with E-state index in [9.17, 15) is 4.79 Å². The van der Waals surface area contributed by atoms with Crippen LogP contribution in [0.4, 0.5) is 5.82 Å². The lowest BCUT2D eigenvalue weighted by Crippen LogP contribution is -2.38. The highest BCUT2D eigenvalue weighted by Crippen LogP contribution is 2.01. The SMILES string of the molecule is CCCC(COC)NC(=O)c1ccc(N)nn1. The number of hydrogen-bond donors (Lipinski definition) is 2. The van der Waals surface area contributed by atoms with Crippen LogP contribution in [0.15, 0.2) is 12.1 Å². The molecule has 1 unspecified atom stereocenters. The molecule has 0 radical (unpaired) electrons. The van der Waals surface area contributed by atoms with Crippen LogP contribution in [-0.2, 0) is 4.74 Å². The van der Waals surface area contributed by atoms with Crippen LogP contribution >= 0.6 is 0 Å². The van der Waals surface area contributed by atoms with Crippen LogP contribution in [0.1, 0.15) is 30.3 Å². The molecule has 0 spiro atoms. The van der Waals surface area contributed by atoms with Crippen molar-refractivity contribution < 1.29 is 9.53 Å². The van der Waals surface area contributed by atoms with E-state index in [2.05, 4.69) is 22.4 Å². The third-order valence-corrected chi connectivity index (χ3v) is 2.26. The molecule has 0 aliphatic carbocycles. The van der Waals surface area contributed by atoms with Gasteiger partial charge in [-0.2, -0.15) is 0 Å². The van der Waals surface area contributed by atoms with E-state index in [1.807, 2.05) is 0 Å². The molecule has 0 saturated carbocycles. The number of methoxy groups -OCH3 is 1. The van der Waals surface area contributed by atoms with Crippen LogP contribution in [0.25, 0.3) is 0 Å². The Balaban J connectivity index is 2.60. The van der Waals surface area contributed by atoms with Gasteiger partial charge in [0.25, 0.3) is 5.91 Å². The van der Waals surface area contributed by atoms with Crippen molar-refractivity contribution in [2.24, 2.45) is 0 Å². The highest BCUT2D eigenvalue weighted by molar-refractivity contribution is 5.92. The van der Waals surface area contributed by atoms with Gasteiger partial charge < -0.3 is 15.8 Å². The molecular formula is C11H18N4O2. The fourth-order valence-electron chi connectivity index (χ4n) is 1.47. The second-order valence-corrected chi connectivity index (χ2v) is 3.76. The summed E-state index contributed by atoms with van der Waals surface area (Å²) in [4.78, 5) is 11.8. The van der Waals surface area contributed by atoms with Gasteiger partial charge in [-0.3, -0.25) is 4.79 Å². The first-order valence-electron chi connectivity index (χ1n) is 5.56. The van der Waals surface area contributed by atoms with Crippen molar-refractivity contribution >= 4 is 11.7 Å². The van der Waals surface area contributed by atoms with Crippen molar-refractivity contribution in [1.29, 1.82) is 0 Å². The van der Waals surface area contributed by atoms with Gasteiger partial charge in [-0.05, 0) is 18.6 Å². The van der Waals surface area contributed by atoms with Crippen LogP contribution < -0.4 is 11.1 Å². The normalized spacial score (nSPS) is 12.1. The standard InChI is InChI=1S/C11H18N4O2/c1-3-4-8(7-17-2)13-11(16)9-5-6-10(12)15-14-9/h5-6,8H,3-4,7H2,1-2H3,(H2,12,15)(H,13,16). The summed E-state index contributed by atoms with van der Waals surface area (Å²) in [6.45, 7) is 2.54. The summed E-state index contributed by atoms with van der Waals surface area (Å²) >= 11 is 0. The molecule has 6 nitrogen and oxygen atoms in total. The van der Waals surface area contributed by atoms with Crippen molar-refractivity contribution in [1.82, 2.24) is 15.5 Å². The van der Waals surface area contributed by atoms with Gasteiger partial charge in [-0.1, -0.05) is 13.3 Å². The number of carbonyl (C=O) groups excluding carboxylic acids is 1. The Bertz CT molecular complexity index is 347. The molecule has 0 saturated heterocycles. The predicted octanol–water partition coefficient (Wildman–Crippen LogP) is 0.604. The van der Waals surface area contributed by atoms with Crippen LogP contribution in [0, 0.1) is 0 Å². The van der Waals surface area contributed by atoms with Gasteiger partial charge in [-0.25, -0.2) is 0 Å². The number of carbonyl (C=O) groups is 1. The second kappa shape index (κ2) is 6.80. The number of nitrogens with two attached hydrogens (primary N) is 1. The van der Waals surface area contributed by atoms with E-state index >= 15 is 0 Å². The molecule has 3 N–H and O–H groups in total. The fourth-order valence-corrected chi connectivity index (χ4v) is 1.47. The Kier molecular flexibility index (Phi) is 5.35. The topological polar surface area (TPSA) is 90.1 Å². The number of rotatable bonds is 6. The molecule has 1 heterocycles. The molecule has 0 aliphatic heterocycles. The van der Waals surface area contributed by atoms with E-state index in [0.29, 0.717) is 12.4 Å². The van der Waals surface area contributed by atoms with E-state index in [-0.39, 0.29) is 17.6 Å². The number of aromatic nitrogens is 2. The van der Waals surface area contributed by atoms with Gasteiger partial charge in [0.2, 0.25) is 0 Å². The molecule has 17 heavy (non-hydrogen) atoms. The number of hydrogen-bond acceptors (Lipinski definition) is 5. The Hall–Kier alpha value is -1.69. The van der Waals surface area contributed by atoms with Crippen LogP contribution in [-0.4, -0.2) is 35.9 Å². The summed E-state index contributed by atoms with van der Waals surface area (Å²) in [5, 5.41) is 10.2. The van der Waals surface area contributed by atoms with Crippen molar-refractivity contribution in [2.75, 3.05) is 19.5 Å². The summed E-state index contributed by atoms with van der Waals surface area (Å²) in [5.74, 6) is 0.0385. The Morgan fingerprint density at radius 3 is 2.82 bits per heavy atom. The number of anilines is 1. The Morgan fingerprint density at radius 1 is 1.53 bits per heavy atom. The third-order valence-electron chi connectivity index (χ3n) is 2.26. The molecule has 0 fully saturated rings. The summed E-state index contributed by atoms with van der Waals surface area (Å²) < 4.78 is 5.04. The summed E-state index contributed by atoms with van der Waals surface area (Å²) in [6, 6.07) is 3.09. The van der Waals surface area contributed by atoms with Crippen LogP contribution in [0.5, 0.6) is 0 Å². The first-order chi connectivity index (χ1) is 8.17. The van der Waals surface area contributed by atoms with E-state index in [1.165, 1.54) is 0 Å². The minimum atomic E-state index is -0.256. The largest absolute Gasteiger partial charge is 0.383 e. The molecule has 6 heteroatoms. The molecule has 0 aliphatic rings. The molecular weight excluding hydrogens is 220 g/mol. The van der Waals surface area contributed by atoms with Gasteiger partial charge in [0.15, 0.2) is 5.69 Å². The maximum Gasteiger partial charge on any atom is 0.272 e. The molecule has 1 amide bonds. The maximum absolute atomic E-state index is 11.8. The summed E-state index contributed by atoms with van der Waals surface area (Å²) in [6.07, 6.45) is 1.84. The maximum atomic E-state index is 11.8. The first kappa shape index (κ1) is 13.4. The summed E-state index contributed by atoms with van der Waals surface area (Å²) in [7, 11) is 1.61. The smallest absolute Gasteiger partial charge is 0.272 e. The molecule has 1 aromatic rings. The molecule has 1 aromatic heterocycles. The summed E-state index contributed by atoms with van der Waals surface area (Å²) in [5.41, 5.74) is 5.66. The second-order valence-electron chi connectivity index (χ2n) is 3.76. The lowest BCUT2D eigenvalue weighted by molar-refractivity contribution is 0.0885. The minimum absolute atomic E-state index is 0.00291. The minimum Gasteiger partial charge on any atom is -0.383 e. The predicted molar refractivity (Wildman–Crippen MR) is 64.5 cm³/mol. The van der Waals surface area contributed by atoms with Gasteiger partial charge >= 0.3 is 0 Å². The molecule has 94 valence electrons. The van der Waals surface area contributed by atoms with Crippen LogP contribution in [0.2, 0.25) is 0 Å². The zero-order valence-corrected chi connectivity index (χ0v) is 10.1. The number of nitrogens with one attached hydrogen (secondary N) is 1. The zero-order valence-electron chi connectivity index (χ0n) is 10.1. The van der Waals surface area contributed by atoms with Crippen molar-refractivity contribution in [2.45, 2.75) is 25.8 Å². The highest BCUT2D eigenvalue weighted by Gasteiger charge is 2.14. The van der Waals surface area contributed by atoms with E-state index in [0.717, 1.165) is 12.8 Å². The van der Waals surface area contributed by atoms with Crippen molar-refractivity contribution in [3.05, 3.63) is 17.8 Å². The van der Waals surface area contributed by atoms with E-state index < -0.39 is 0 Å². The highest BCUT2D eigenvalue weighted by atomic mass is 16.5. The monoisotopic (exact) mass is 238 g/mol. The van der Waals surface area contributed by atoms with Gasteiger partial charge in [0, 0.05) is 7.11 Å². The van der Waals surface area contributed by atoms with Gasteiger partial charge in [-0.15, -0.1) is 10.2 Å². The number of nitrogens with zero attached hydrogens (tertiary/aromatic N) is 2. The number of nitrogen functional groups attached to an aromatic ring is 1. The zero-order chi connectivity index (χ0) is 12.7. The Morgan fingerprint density at radius 2 is 2.29 bits per heavy atom. The average molecular weight is 238 g/mol. The van der Waals surface area contributed by atoms with E-state index in [4.69, 9.17) is 10.5 Å². The third kappa shape index (κ3) is 4.36. The molecule has 1 rings (SSSR count). The quantitative estimate of drug-likeness (QED) is 0.757. The average Bonchev–Trinajstić information content (AvgIpc) is 2.30. The van der Waals surface area contributed by atoms with Gasteiger partial charge in [0.1, 0.15) is 5.82 Å². The molecule has 1 atom stereocenters. The van der Waals surface area contributed by atoms with Gasteiger partial charge in [0.05, 0.1) is 12.6 Å². The molecule has 0 aromatic carbocycles.